The quantitative estimate of drug-likeness (QED) is 0.621. The third-order valence-corrected chi connectivity index (χ3v) is 2.30. The van der Waals surface area contributed by atoms with Gasteiger partial charge in [-0.3, -0.25) is 0 Å². The predicted octanol–water partition coefficient (Wildman–Crippen LogP) is 1.48. The van der Waals surface area contributed by atoms with Crippen LogP contribution in [-0.2, 0) is 5.60 Å². The van der Waals surface area contributed by atoms with E-state index in [9.17, 15) is 5.11 Å². The molecule has 10 heavy (non-hydrogen) atoms. The van der Waals surface area contributed by atoms with Crippen LogP contribution in [0, 0.1) is 11.3 Å². The van der Waals surface area contributed by atoms with Crippen LogP contribution < -0.4 is 0 Å². The van der Waals surface area contributed by atoms with E-state index in [1.165, 1.54) is 18.3 Å². The third-order valence-electron chi connectivity index (χ3n) is 1.22. The maximum atomic E-state index is 9.33. The monoisotopic (exact) mass is 153 g/mol. The van der Waals surface area contributed by atoms with Gasteiger partial charge < -0.3 is 5.11 Å². The highest BCUT2D eigenvalue weighted by atomic mass is 32.1. The summed E-state index contributed by atoms with van der Waals surface area (Å²) in [6.07, 6.45) is 0. The molecule has 2 nitrogen and oxygen atoms in total. The number of aliphatic hydroxyl groups is 1. The van der Waals surface area contributed by atoms with Crippen molar-refractivity contribution >= 4 is 11.3 Å². The van der Waals surface area contributed by atoms with E-state index in [1.807, 2.05) is 17.5 Å². The molecule has 0 unspecified atom stereocenters. The van der Waals surface area contributed by atoms with Crippen LogP contribution in [0.15, 0.2) is 17.5 Å². The smallest absolute Gasteiger partial charge is 0.183 e. The summed E-state index contributed by atoms with van der Waals surface area (Å²) in [6.45, 7) is 1.48. The average Bonchev–Trinajstić information content (AvgIpc) is 2.38. The van der Waals surface area contributed by atoms with E-state index in [4.69, 9.17) is 5.26 Å². The Morgan fingerprint density at radius 1 is 1.80 bits per heavy atom. The van der Waals surface area contributed by atoms with Gasteiger partial charge in [0, 0.05) is 0 Å². The largest absolute Gasteiger partial charge is 0.371 e. The van der Waals surface area contributed by atoms with Crippen LogP contribution >= 0.6 is 11.3 Å². The fraction of sp³-hybridized carbons (Fsp3) is 0.286. The Balaban J connectivity index is 2.99. The van der Waals surface area contributed by atoms with Gasteiger partial charge in [0.25, 0.3) is 0 Å². The van der Waals surface area contributed by atoms with Crippen LogP contribution in [-0.4, -0.2) is 5.11 Å². The fourth-order valence-corrected chi connectivity index (χ4v) is 1.35. The lowest BCUT2D eigenvalue weighted by Crippen LogP contribution is -2.15. The van der Waals surface area contributed by atoms with Gasteiger partial charge in [0.2, 0.25) is 0 Å². The van der Waals surface area contributed by atoms with E-state index < -0.39 is 5.60 Å². The van der Waals surface area contributed by atoms with Crippen molar-refractivity contribution in [3.8, 4) is 6.07 Å². The van der Waals surface area contributed by atoms with Crippen LogP contribution in [0.4, 0.5) is 0 Å². The second kappa shape index (κ2) is 2.41. The minimum absolute atomic E-state index is 0.690. The molecule has 52 valence electrons. The first-order valence-corrected chi connectivity index (χ1v) is 3.72. The summed E-state index contributed by atoms with van der Waals surface area (Å²) in [5.74, 6) is 0. The third kappa shape index (κ3) is 1.18. The summed E-state index contributed by atoms with van der Waals surface area (Å²) in [5, 5.41) is 19.6. The van der Waals surface area contributed by atoms with Crippen molar-refractivity contribution in [2.75, 3.05) is 0 Å². The van der Waals surface area contributed by atoms with Crippen molar-refractivity contribution in [1.29, 1.82) is 5.26 Å². The van der Waals surface area contributed by atoms with Gasteiger partial charge in [0.15, 0.2) is 5.60 Å². The van der Waals surface area contributed by atoms with Crippen LogP contribution in [0.25, 0.3) is 0 Å². The molecular formula is C7H7NOS. The average molecular weight is 153 g/mol. The SMILES string of the molecule is C[C@](O)(C#N)c1cccs1. The molecule has 1 heterocycles. The normalized spacial score (nSPS) is 15.7. The minimum atomic E-state index is -1.31. The first-order valence-electron chi connectivity index (χ1n) is 2.84. The van der Waals surface area contributed by atoms with Crippen molar-refractivity contribution in [2.24, 2.45) is 0 Å². The van der Waals surface area contributed by atoms with Crippen molar-refractivity contribution in [3.05, 3.63) is 22.4 Å². The maximum absolute atomic E-state index is 9.33. The molecule has 0 saturated carbocycles. The molecule has 3 heteroatoms. The number of hydrogen-bond donors (Lipinski definition) is 1. The van der Waals surface area contributed by atoms with Crippen molar-refractivity contribution in [2.45, 2.75) is 12.5 Å². The van der Waals surface area contributed by atoms with E-state index in [2.05, 4.69) is 0 Å². The lowest BCUT2D eigenvalue weighted by Gasteiger charge is -2.09. The van der Waals surface area contributed by atoms with Gasteiger partial charge in [-0.1, -0.05) is 6.07 Å². The van der Waals surface area contributed by atoms with Crippen molar-refractivity contribution in [3.63, 3.8) is 0 Å². The summed E-state index contributed by atoms with van der Waals surface area (Å²) in [6, 6.07) is 5.36. The highest BCUT2D eigenvalue weighted by Crippen LogP contribution is 2.23. The first kappa shape index (κ1) is 7.26. The highest BCUT2D eigenvalue weighted by molar-refractivity contribution is 7.10. The molecule has 1 rings (SSSR count). The molecule has 1 aromatic rings. The Kier molecular flexibility index (Phi) is 1.75. The van der Waals surface area contributed by atoms with Gasteiger partial charge in [-0.25, -0.2) is 0 Å². The first-order chi connectivity index (χ1) is 4.67. The van der Waals surface area contributed by atoms with Crippen LogP contribution in [0.3, 0.4) is 0 Å². The van der Waals surface area contributed by atoms with Gasteiger partial charge in [-0.15, -0.1) is 11.3 Å². The van der Waals surface area contributed by atoms with Crippen LogP contribution in [0.2, 0.25) is 0 Å². The molecule has 0 fully saturated rings. The molecule has 0 aromatic carbocycles. The second-order valence-corrected chi connectivity index (χ2v) is 3.11. The Labute approximate surface area is 63.4 Å². The van der Waals surface area contributed by atoms with E-state index in [0.717, 1.165) is 0 Å². The molecule has 0 radical (unpaired) electrons. The molecule has 0 bridgehead atoms. The van der Waals surface area contributed by atoms with Gasteiger partial charge in [-0.2, -0.15) is 5.26 Å². The Morgan fingerprint density at radius 3 is 2.90 bits per heavy atom. The second-order valence-electron chi connectivity index (χ2n) is 2.16. The number of nitrogens with zero attached hydrogens (tertiary/aromatic N) is 1. The Bertz CT molecular complexity index is 245. The molecule has 0 aliphatic carbocycles. The molecular weight excluding hydrogens is 146 g/mol. The zero-order valence-electron chi connectivity index (χ0n) is 5.53. The number of nitriles is 1. The standard InChI is InChI=1S/C7H7NOS/c1-7(9,5-8)6-3-2-4-10-6/h2-4,9H,1H3/t7-/m0/s1. The number of hydrogen-bond acceptors (Lipinski definition) is 3. The topological polar surface area (TPSA) is 44.0 Å². The molecule has 0 spiro atoms. The summed E-state index contributed by atoms with van der Waals surface area (Å²) in [5.41, 5.74) is -1.31. The summed E-state index contributed by atoms with van der Waals surface area (Å²) >= 11 is 1.38. The Morgan fingerprint density at radius 2 is 2.50 bits per heavy atom. The lowest BCUT2D eigenvalue weighted by atomic mass is 10.1. The Hall–Kier alpha value is -0.850. The van der Waals surface area contributed by atoms with Gasteiger partial charge in [0.05, 0.1) is 4.88 Å². The fourth-order valence-electron chi connectivity index (χ4n) is 0.611. The number of rotatable bonds is 1. The van der Waals surface area contributed by atoms with E-state index in [-0.39, 0.29) is 0 Å². The van der Waals surface area contributed by atoms with Gasteiger partial charge in [-0.05, 0) is 18.4 Å². The van der Waals surface area contributed by atoms with Gasteiger partial charge >= 0.3 is 0 Å². The zero-order valence-corrected chi connectivity index (χ0v) is 6.35. The minimum Gasteiger partial charge on any atom is -0.371 e. The maximum Gasteiger partial charge on any atom is 0.183 e. The van der Waals surface area contributed by atoms with Crippen LogP contribution in [0.1, 0.15) is 11.8 Å². The summed E-state index contributed by atoms with van der Waals surface area (Å²) in [4.78, 5) is 0.690. The van der Waals surface area contributed by atoms with Crippen LogP contribution in [0.5, 0.6) is 0 Å². The number of thiophene rings is 1. The van der Waals surface area contributed by atoms with Crippen molar-refractivity contribution < 1.29 is 5.11 Å². The lowest BCUT2D eigenvalue weighted by molar-refractivity contribution is 0.123. The predicted molar refractivity (Wildman–Crippen MR) is 39.5 cm³/mol. The molecule has 0 amide bonds. The molecule has 0 saturated heterocycles. The molecule has 1 N–H and O–H groups in total. The van der Waals surface area contributed by atoms with E-state index in [1.54, 1.807) is 6.07 Å². The summed E-state index contributed by atoms with van der Waals surface area (Å²) < 4.78 is 0. The van der Waals surface area contributed by atoms with Crippen molar-refractivity contribution in [1.82, 2.24) is 0 Å². The van der Waals surface area contributed by atoms with E-state index >= 15 is 0 Å². The summed E-state index contributed by atoms with van der Waals surface area (Å²) in [7, 11) is 0. The van der Waals surface area contributed by atoms with Gasteiger partial charge in [0.1, 0.15) is 6.07 Å². The zero-order chi connectivity index (χ0) is 7.61. The molecule has 1 aromatic heterocycles. The molecule has 1 atom stereocenters. The highest BCUT2D eigenvalue weighted by Gasteiger charge is 2.22. The molecule has 0 aliphatic heterocycles. The molecule has 0 aliphatic rings. The van der Waals surface area contributed by atoms with E-state index in [0.29, 0.717) is 4.88 Å².